The summed E-state index contributed by atoms with van der Waals surface area (Å²) in [5.41, 5.74) is 1.47. The quantitative estimate of drug-likeness (QED) is 0.158. The molecule has 2 aromatic rings. The van der Waals surface area contributed by atoms with Crippen LogP contribution in [0.25, 0.3) is 0 Å². The minimum Gasteiger partial charge on any atom is -0.456 e. The first-order chi connectivity index (χ1) is 19.2. The molecule has 0 aliphatic rings. The number of benzene rings is 2. The number of ether oxygens (including phenoxy) is 4. The average molecular weight is 579 g/mol. The minimum absolute atomic E-state index is 0.234. The standard InChI is InChI=1S/C36H50O6/c1-13-30(37)41-32(3,4)21-22-39-35(9,10)28-19-15-17-26(23-28)34(7,8)27-18-16-20-29(24-27)36(11,12)40-25-33(5,6)42-31(38)14-2/h13-20,23-24H,1-2,21-22,25H2,3-12H3. The van der Waals surface area contributed by atoms with Crippen molar-refractivity contribution in [1.82, 2.24) is 0 Å². The zero-order valence-corrected chi connectivity index (χ0v) is 27.3. The van der Waals surface area contributed by atoms with Crippen LogP contribution >= 0.6 is 0 Å². The lowest BCUT2D eigenvalue weighted by Crippen LogP contribution is -2.37. The lowest BCUT2D eigenvalue weighted by molar-refractivity contribution is -0.163. The van der Waals surface area contributed by atoms with Crippen LogP contribution in [0, 0.1) is 0 Å². The molecule has 0 aromatic heterocycles. The first-order valence-corrected chi connectivity index (χ1v) is 14.5. The Bertz CT molecular complexity index is 1270. The third-order valence-corrected chi connectivity index (χ3v) is 7.59. The molecule has 230 valence electrons. The molecule has 0 aliphatic heterocycles. The highest BCUT2D eigenvalue weighted by Gasteiger charge is 2.32. The van der Waals surface area contributed by atoms with Crippen molar-refractivity contribution >= 4 is 11.9 Å². The lowest BCUT2D eigenvalue weighted by atomic mass is 9.76. The summed E-state index contributed by atoms with van der Waals surface area (Å²) >= 11 is 0. The summed E-state index contributed by atoms with van der Waals surface area (Å²) in [6.45, 7) is 27.5. The van der Waals surface area contributed by atoms with Gasteiger partial charge in [-0.1, -0.05) is 75.5 Å². The van der Waals surface area contributed by atoms with Gasteiger partial charge in [0.1, 0.15) is 11.2 Å². The highest BCUT2D eigenvalue weighted by molar-refractivity contribution is 5.81. The Morgan fingerprint density at radius 2 is 1.05 bits per heavy atom. The molecule has 2 rings (SSSR count). The second-order valence-electron chi connectivity index (χ2n) is 13.5. The van der Waals surface area contributed by atoms with Gasteiger partial charge in [-0.25, -0.2) is 9.59 Å². The fourth-order valence-corrected chi connectivity index (χ4v) is 4.51. The maximum Gasteiger partial charge on any atom is 0.330 e. The van der Waals surface area contributed by atoms with Crippen LogP contribution in [0.3, 0.4) is 0 Å². The summed E-state index contributed by atoms with van der Waals surface area (Å²) < 4.78 is 23.5. The minimum atomic E-state index is -0.791. The van der Waals surface area contributed by atoms with Gasteiger partial charge in [0, 0.05) is 24.0 Å². The van der Waals surface area contributed by atoms with Gasteiger partial charge >= 0.3 is 11.9 Å². The maximum atomic E-state index is 11.7. The fraction of sp³-hybridized carbons (Fsp3) is 0.500. The molecule has 2 aromatic carbocycles. The molecule has 0 N–H and O–H groups in total. The second kappa shape index (κ2) is 13.4. The molecule has 6 heteroatoms. The van der Waals surface area contributed by atoms with Crippen LogP contribution in [0.1, 0.15) is 97.9 Å². The van der Waals surface area contributed by atoms with Crippen molar-refractivity contribution in [1.29, 1.82) is 0 Å². The van der Waals surface area contributed by atoms with Crippen LogP contribution in [-0.4, -0.2) is 36.4 Å². The topological polar surface area (TPSA) is 71.1 Å². The molecule has 0 saturated heterocycles. The van der Waals surface area contributed by atoms with Crippen LogP contribution in [0.5, 0.6) is 0 Å². The van der Waals surface area contributed by atoms with Crippen molar-refractivity contribution in [3.63, 3.8) is 0 Å². The zero-order valence-electron chi connectivity index (χ0n) is 27.3. The van der Waals surface area contributed by atoms with E-state index in [1.54, 1.807) is 0 Å². The normalized spacial score (nSPS) is 12.9. The van der Waals surface area contributed by atoms with Crippen LogP contribution in [0.4, 0.5) is 0 Å². The number of esters is 2. The van der Waals surface area contributed by atoms with Gasteiger partial charge < -0.3 is 18.9 Å². The van der Waals surface area contributed by atoms with Gasteiger partial charge in [0.15, 0.2) is 0 Å². The van der Waals surface area contributed by atoms with Crippen LogP contribution in [0.15, 0.2) is 73.8 Å². The molecule has 0 atom stereocenters. The average Bonchev–Trinajstić information content (AvgIpc) is 2.91. The molecule has 0 unspecified atom stereocenters. The number of carbonyl (C=O) groups excluding carboxylic acids is 2. The molecular weight excluding hydrogens is 528 g/mol. The zero-order chi connectivity index (χ0) is 32.0. The number of carbonyl (C=O) groups is 2. The van der Waals surface area contributed by atoms with Gasteiger partial charge in [-0.15, -0.1) is 0 Å². The Balaban J connectivity index is 2.23. The first kappa shape index (κ1) is 35.0. The van der Waals surface area contributed by atoms with Crippen LogP contribution in [0.2, 0.25) is 0 Å². The van der Waals surface area contributed by atoms with Crippen LogP contribution < -0.4 is 0 Å². The van der Waals surface area contributed by atoms with E-state index in [4.69, 9.17) is 18.9 Å². The molecule has 0 saturated carbocycles. The molecule has 0 bridgehead atoms. The Hall–Kier alpha value is -3.22. The Labute approximate surface area is 253 Å². The van der Waals surface area contributed by atoms with Crippen molar-refractivity contribution in [3.05, 3.63) is 96.1 Å². The summed E-state index contributed by atoms with van der Waals surface area (Å²) in [4.78, 5) is 23.4. The molecule has 0 radical (unpaired) electrons. The second-order valence-corrected chi connectivity index (χ2v) is 13.5. The Morgan fingerprint density at radius 1 is 0.643 bits per heavy atom. The van der Waals surface area contributed by atoms with Crippen molar-refractivity contribution in [2.45, 2.75) is 103 Å². The Kier molecular flexibility index (Phi) is 11.2. The monoisotopic (exact) mass is 578 g/mol. The highest BCUT2D eigenvalue weighted by atomic mass is 16.6. The van der Waals surface area contributed by atoms with Gasteiger partial charge in [-0.3, -0.25) is 0 Å². The summed E-state index contributed by atoms with van der Waals surface area (Å²) in [7, 11) is 0. The third kappa shape index (κ3) is 9.67. The van der Waals surface area contributed by atoms with E-state index in [0.717, 1.165) is 28.3 Å². The van der Waals surface area contributed by atoms with Crippen molar-refractivity contribution in [2.24, 2.45) is 0 Å². The largest absolute Gasteiger partial charge is 0.456 e. The molecule has 0 amide bonds. The van der Waals surface area contributed by atoms with E-state index >= 15 is 0 Å². The van der Waals surface area contributed by atoms with Crippen molar-refractivity contribution in [2.75, 3.05) is 13.2 Å². The SMILES string of the molecule is C=CC(=O)OC(C)(C)CCOC(C)(C)c1cccc(C(C)(C)c2cccc(C(C)(C)OCC(C)(C)OC(=O)C=C)c2)c1. The third-order valence-electron chi connectivity index (χ3n) is 7.59. The lowest BCUT2D eigenvalue weighted by Gasteiger charge is -2.34. The van der Waals surface area contributed by atoms with E-state index in [-0.39, 0.29) is 12.0 Å². The van der Waals surface area contributed by atoms with Gasteiger partial charge in [0.05, 0.1) is 24.4 Å². The molecule has 0 heterocycles. The predicted octanol–water partition coefficient (Wildman–Crippen LogP) is 7.92. The summed E-state index contributed by atoms with van der Waals surface area (Å²) in [5, 5.41) is 0. The van der Waals surface area contributed by atoms with E-state index in [0.29, 0.717) is 13.0 Å². The first-order valence-electron chi connectivity index (χ1n) is 14.5. The Morgan fingerprint density at radius 3 is 1.50 bits per heavy atom. The van der Waals surface area contributed by atoms with Gasteiger partial charge in [0.2, 0.25) is 0 Å². The molecule has 0 spiro atoms. The van der Waals surface area contributed by atoms with E-state index < -0.39 is 34.3 Å². The fourth-order valence-electron chi connectivity index (χ4n) is 4.51. The molecule has 6 nitrogen and oxygen atoms in total. The van der Waals surface area contributed by atoms with Crippen LogP contribution in [-0.2, 0) is 45.2 Å². The van der Waals surface area contributed by atoms with E-state index in [2.05, 4.69) is 89.4 Å². The van der Waals surface area contributed by atoms with E-state index in [1.807, 2.05) is 41.5 Å². The highest BCUT2D eigenvalue weighted by Crippen LogP contribution is 2.37. The number of rotatable bonds is 15. The maximum absolute atomic E-state index is 11.7. The molecular formula is C36H50O6. The molecule has 0 aliphatic carbocycles. The van der Waals surface area contributed by atoms with Gasteiger partial charge in [-0.2, -0.15) is 0 Å². The van der Waals surface area contributed by atoms with E-state index in [1.165, 1.54) is 6.08 Å². The van der Waals surface area contributed by atoms with Crippen molar-refractivity contribution in [3.8, 4) is 0 Å². The van der Waals surface area contributed by atoms with Gasteiger partial charge in [0.25, 0.3) is 0 Å². The number of hydrogen-bond donors (Lipinski definition) is 0. The van der Waals surface area contributed by atoms with Gasteiger partial charge in [-0.05, 0) is 77.6 Å². The summed E-state index contributed by atoms with van der Waals surface area (Å²) in [6, 6.07) is 16.9. The smallest absolute Gasteiger partial charge is 0.330 e. The number of hydrogen-bond acceptors (Lipinski definition) is 6. The van der Waals surface area contributed by atoms with E-state index in [9.17, 15) is 9.59 Å². The molecule has 42 heavy (non-hydrogen) atoms. The predicted molar refractivity (Wildman–Crippen MR) is 168 cm³/mol. The summed E-state index contributed by atoms with van der Waals surface area (Å²) in [6.07, 6.45) is 2.89. The van der Waals surface area contributed by atoms with Crippen molar-refractivity contribution < 1.29 is 28.5 Å². The molecule has 0 fully saturated rings. The summed E-state index contributed by atoms with van der Waals surface area (Å²) in [5.74, 6) is -0.912.